The minimum absolute atomic E-state index is 0.260. The normalized spacial score (nSPS) is 45.3. The smallest absolute Gasteiger partial charge is 0.242 e. The lowest BCUT2D eigenvalue weighted by molar-refractivity contribution is -0.140. The summed E-state index contributed by atoms with van der Waals surface area (Å²) in [5, 5.41) is 0. The molecule has 0 aromatic heterocycles. The van der Waals surface area contributed by atoms with Gasteiger partial charge in [0.2, 0.25) is 5.91 Å². The Bertz CT molecular complexity index is 330. The highest BCUT2D eigenvalue weighted by Crippen LogP contribution is 2.40. The van der Waals surface area contributed by atoms with Crippen LogP contribution in [0.5, 0.6) is 0 Å². The highest BCUT2D eigenvalue weighted by Gasteiger charge is 2.47. The third-order valence-corrected chi connectivity index (χ3v) is 5.13. The number of carbonyl (C=O) groups is 1. The summed E-state index contributed by atoms with van der Waals surface area (Å²) in [6, 6.07) is 0.519. The van der Waals surface area contributed by atoms with Gasteiger partial charge in [0, 0.05) is 12.6 Å². The van der Waals surface area contributed by atoms with Crippen LogP contribution in [0, 0.1) is 11.8 Å². The van der Waals surface area contributed by atoms with Gasteiger partial charge in [-0.3, -0.25) is 4.79 Å². The van der Waals surface area contributed by atoms with Crippen molar-refractivity contribution in [1.29, 1.82) is 0 Å². The Balaban J connectivity index is 1.73. The van der Waals surface area contributed by atoms with Crippen molar-refractivity contribution in [3.63, 3.8) is 0 Å². The van der Waals surface area contributed by atoms with Gasteiger partial charge < -0.3 is 10.6 Å². The zero-order valence-corrected chi connectivity index (χ0v) is 10.8. The Labute approximate surface area is 104 Å². The van der Waals surface area contributed by atoms with E-state index >= 15 is 0 Å². The second-order valence-electron chi connectivity index (χ2n) is 6.65. The molecule has 0 aromatic rings. The summed E-state index contributed by atoms with van der Waals surface area (Å²) in [6.07, 6.45) is 7.90. The van der Waals surface area contributed by atoms with Crippen molar-refractivity contribution < 1.29 is 4.79 Å². The average molecular weight is 236 g/mol. The fourth-order valence-electron chi connectivity index (χ4n) is 4.25. The largest absolute Gasteiger partial charge is 0.338 e. The quantitative estimate of drug-likeness (QED) is 0.756. The molecule has 3 rings (SSSR count). The number of likely N-dealkylation sites (tertiary alicyclic amines) is 1. The van der Waals surface area contributed by atoms with E-state index in [1.165, 1.54) is 25.7 Å². The van der Waals surface area contributed by atoms with E-state index in [-0.39, 0.29) is 5.91 Å². The molecule has 1 aliphatic heterocycles. The van der Waals surface area contributed by atoms with Crippen LogP contribution in [-0.2, 0) is 4.79 Å². The molecule has 96 valence electrons. The van der Waals surface area contributed by atoms with Gasteiger partial charge in [0.05, 0.1) is 5.54 Å². The second-order valence-corrected chi connectivity index (χ2v) is 6.65. The van der Waals surface area contributed by atoms with Gasteiger partial charge in [-0.05, 0) is 43.9 Å². The first-order chi connectivity index (χ1) is 8.08. The molecule has 0 spiro atoms. The summed E-state index contributed by atoms with van der Waals surface area (Å²) < 4.78 is 0. The van der Waals surface area contributed by atoms with Crippen LogP contribution in [0.25, 0.3) is 0 Å². The molecular weight excluding hydrogens is 212 g/mol. The van der Waals surface area contributed by atoms with Crippen molar-refractivity contribution in [3.05, 3.63) is 0 Å². The van der Waals surface area contributed by atoms with Crippen molar-refractivity contribution in [2.24, 2.45) is 17.6 Å². The number of fused-ring (bicyclic) bond motifs is 2. The number of rotatable bonds is 1. The van der Waals surface area contributed by atoms with E-state index in [1.807, 2.05) is 0 Å². The van der Waals surface area contributed by atoms with Gasteiger partial charge in [-0.25, -0.2) is 0 Å². The third kappa shape index (κ3) is 1.88. The second kappa shape index (κ2) is 3.98. The molecule has 2 bridgehead atoms. The molecule has 0 aromatic carbocycles. The maximum Gasteiger partial charge on any atom is 0.242 e. The van der Waals surface area contributed by atoms with Gasteiger partial charge in [-0.15, -0.1) is 0 Å². The van der Waals surface area contributed by atoms with E-state index in [4.69, 9.17) is 5.73 Å². The first-order valence-electron chi connectivity index (χ1n) is 7.18. The molecule has 1 amide bonds. The van der Waals surface area contributed by atoms with Crippen molar-refractivity contribution in [3.8, 4) is 0 Å². The SMILES string of the molecule is CC1CCCC(N)(C(=O)N2CC3CCC2C3)C1. The third-order valence-electron chi connectivity index (χ3n) is 5.13. The molecule has 3 nitrogen and oxygen atoms in total. The van der Waals surface area contributed by atoms with Crippen LogP contribution in [0.4, 0.5) is 0 Å². The Morgan fingerprint density at radius 2 is 2.18 bits per heavy atom. The Morgan fingerprint density at radius 1 is 1.35 bits per heavy atom. The zero-order chi connectivity index (χ0) is 12.0. The lowest BCUT2D eigenvalue weighted by Crippen LogP contribution is -2.58. The molecular formula is C14H24N2O. The van der Waals surface area contributed by atoms with E-state index in [0.717, 1.165) is 31.7 Å². The molecule has 3 aliphatic rings. The fraction of sp³-hybridized carbons (Fsp3) is 0.929. The van der Waals surface area contributed by atoms with E-state index in [9.17, 15) is 4.79 Å². The van der Waals surface area contributed by atoms with E-state index < -0.39 is 5.54 Å². The topological polar surface area (TPSA) is 46.3 Å². The summed E-state index contributed by atoms with van der Waals surface area (Å²) in [4.78, 5) is 14.8. The number of hydrogen-bond donors (Lipinski definition) is 1. The lowest BCUT2D eigenvalue weighted by Gasteiger charge is -2.40. The van der Waals surface area contributed by atoms with Crippen molar-refractivity contribution in [2.75, 3.05) is 6.54 Å². The first kappa shape index (κ1) is 11.5. The number of nitrogens with zero attached hydrogens (tertiary/aromatic N) is 1. The molecule has 4 atom stereocenters. The number of hydrogen-bond acceptors (Lipinski definition) is 2. The van der Waals surface area contributed by atoms with E-state index in [1.54, 1.807) is 0 Å². The summed E-state index contributed by atoms with van der Waals surface area (Å²) in [5.74, 6) is 1.64. The highest BCUT2D eigenvalue weighted by molar-refractivity contribution is 5.87. The van der Waals surface area contributed by atoms with E-state index in [2.05, 4.69) is 11.8 Å². The van der Waals surface area contributed by atoms with Gasteiger partial charge in [0.25, 0.3) is 0 Å². The van der Waals surface area contributed by atoms with Gasteiger partial charge in [0.1, 0.15) is 0 Å². The molecule has 4 unspecified atom stereocenters. The maximum atomic E-state index is 12.7. The molecule has 0 radical (unpaired) electrons. The van der Waals surface area contributed by atoms with Crippen LogP contribution in [0.2, 0.25) is 0 Å². The van der Waals surface area contributed by atoms with Gasteiger partial charge in [-0.2, -0.15) is 0 Å². The van der Waals surface area contributed by atoms with Crippen molar-refractivity contribution in [2.45, 2.75) is 63.5 Å². The minimum Gasteiger partial charge on any atom is -0.338 e. The molecule has 1 saturated heterocycles. The molecule has 17 heavy (non-hydrogen) atoms. The molecule has 2 N–H and O–H groups in total. The zero-order valence-electron chi connectivity index (χ0n) is 10.8. The summed E-state index contributed by atoms with van der Waals surface area (Å²) in [7, 11) is 0. The summed E-state index contributed by atoms with van der Waals surface area (Å²) in [6.45, 7) is 3.21. The Kier molecular flexibility index (Phi) is 2.69. The van der Waals surface area contributed by atoms with Crippen LogP contribution < -0.4 is 5.73 Å². The number of piperidine rings is 1. The van der Waals surface area contributed by atoms with Crippen LogP contribution in [-0.4, -0.2) is 28.9 Å². The minimum atomic E-state index is -0.540. The number of amides is 1. The van der Waals surface area contributed by atoms with Gasteiger partial charge in [-0.1, -0.05) is 19.8 Å². The predicted molar refractivity (Wildman–Crippen MR) is 67.4 cm³/mol. The average Bonchev–Trinajstić information content (AvgIpc) is 2.89. The number of carbonyl (C=O) groups excluding carboxylic acids is 1. The predicted octanol–water partition coefficient (Wildman–Crippen LogP) is 1.90. The highest BCUT2D eigenvalue weighted by atomic mass is 16.2. The van der Waals surface area contributed by atoms with Crippen LogP contribution in [0.3, 0.4) is 0 Å². The lowest BCUT2D eigenvalue weighted by atomic mass is 9.76. The molecule has 2 aliphatic carbocycles. The summed E-state index contributed by atoms with van der Waals surface area (Å²) >= 11 is 0. The maximum absolute atomic E-state index is 12.7. The van der Waals surface area contributed by atoms with Gasteiger partial charge in [0.15, 0.2) is 0 Å². The Hall–Kier alpha value is -0.570. The van der Waals surface area contributed by atoms with Crippen molar-refractivity contribution >= 4 is 5.91 Å². The molecule has 3 fully saturated rings. The molecule has 2 saturated carbocycles. The van der Waals surface area contributed by atoms with Gasteiger partial charge >= 0.3 is 0 Å². The van der Waals surface area contributed by atoms with Crippen molar-refractivity contribution in [1.82, 2.24) is 4.90 Å². The van der Waals surface area contributed by atoms with Crippen LogP contribution in [0.15, 0.2) is 0 Å². The van der Waals surface area contributed by atoms with Crippen LogP contribution >= 0.6 is 0 Å². The number of nitrogens with two attached hydrogens (primary N) is 1. The molecule has 1 heterocycles. The van der Waals surface area contributed by atoms with E-state index in [0.29, 0.717) is 12.0 Å². The Morgan fingerprint density at radius 3 is 2.76 bits per heavy atom. The summed E-state index contributed by atoms with van der Waals surface area (Å²) in [5.41, 5.74) is 5.87. The monoisotopic (exact) mass is 236 g/mol. The fourth-order valence-corrected chi connectivity index (χ4v) is 4.25. The van der Waals surface area contributed by atoms with Crippen LogP contribution in [0.1, 0.15) is 51.9 Å². The standard InChI is InChI=1S/C14H24N2O/c1-10-3-2-6-14(15,8-10)13(17)16-9-11-4-5-12(16)7-11/h10-12H,2-9,15H2,1H3. The molecule has 3 heteroatoms. The first-order valence-corrected chi connectivity index (χ1v) is 7.18.